The van der Waals surface area contributed by atoms with Crippen molar-refractivity contribution >= 4 is 65.4 Å². The number of nitriles is 2. The van der Waals surface area contributed by atoms with Crippen molar-refractivity contribution in [1.82, 2.24) is 13.7 Å². The van der Waals surface area contributed by atoms with Crippen molar-refractivity contribution in [3.63, 3.8) is 0 Å². The number of benzene rings is 8. The molecule has 3 aromatic heterocycles. The van der Waals surface area contributed by atoms with Gasteiger partial charge in [-0.25, -0.2) is 0 Å². The highest BCUT2D eigenvalue weighted by Crippen LogP contribution is 2.43. The quantitative estimate of drug-likeness (QED) is 0.184. The van der Waals surface area contributed by atoms with Crippen molar-refractivity contribution in [3.05, 3.63) is 187 Å². The molecule has 0 radical (unpaired) electrons. The van der Waals surface area contributed by atoms with Gasteiger partial charge in [0.15, 0.2) is 0 Å². The van der Waals surface area contributed by atoms with E-state index in [1.165, 1.54) is 10.8 Å². The zero-order chi connectivity index (χ0) is 36.6. The molecule has 0 unspecified atom stereocenters. The average Bonchev–Trinajstić information content (AvgIpc) is 3.89. The summed E-state index contributed by atoms with van der Waals surface area (Å²) >= 11 is 0. The molecule has 0 saturated heterocycles. The Morgan fingerprint density at radius 3 is 1.40 bits per heavy atom. The van der Waals surface area contributed by atoms with Crippen LogP contribution in [0, 0.1) is 22.7 Å². The van der Waals surface area contributed by atoms with E-state index >= 15 is 0 Å². The normalized spacial score (nSPS) is 11.6. The lowest BCUT2D eigenvalue weighted by atomic mass is 9.98. The van der Waals surface area contributed by atoms with Gasteiger partial charge in [-0.15, -0.1) is 0 Å². The fourth-order valence-corrected chi connectivity index (χ4v) is 8.84. The first-order valence-electron chi connectivity index (χ1n) is 18.3. The number of nitrogens with zero attached hydrogens (tertiary/aromatic N) is 5. The van der Waals surface area contributed by atoms with Crippen LogP contribution >= 0.6 is 0 Å². The Labute approximate surface area is 316 Å². The zero-order valence-electron chi connectivity index (χ0n) is 29.5. The molecule has 0 aliphatic rings. The summed E-state index contributed by atoms with van der Waals surface area (Å²) < 4.78 is 7.02. The van der Waals surface area contributed by atoms with Crippen LogP contribution in [0.1, 0.15) is 11.1 Å². The van der Waals surface area contributed by atoms with Crippen LogP contribution < -0.4 is 0 Å². The Balaban J connectivity index is 1.23. The fourth-order valence-electron chi connectivity index (χ4n) is 8.84. The molecule has 0 atom stereocenters. The first-order chi connectivity index (χ1) is 27.2. The van der Waals surface area contributed by atoms with E-state index in [4.69, 9.17) is 0 Å². The van der Waals surface area contributed by atoms with E-state index in [0.717, 1.165) is 82.8 Å². The number of hydrogen-bond donors (Lipinski definition) is 0. The highest BCUT2D eigenvalue weighted by molar-refractivity contribution is 6.17. The molecule has 0 aliphatic heterocycles. The first kappa shape index (κ1) is 30.7. The third-order valence-corrected chi connectivity index (χ3v) is 11.1. The van der Waals surface area contributed by atoms with Crippen LogP contribution in [0.15, 0.2) is 176 Å². The van der Waals surface area contributed by atoms with Crippen molar-refractivity contribution < 1.29 is 0 Å². The average molecular weight is 700 g/mol. The smallest absolute Gasteiger partial charge is 0.0992 e. The number of rotatable bonds is 4. The summed E-state index contributed by atoms with van der Waals surface area (Å²) in [6, 6.07) is 65.9. The van der Waals surface area contributed by atoms with E-state index < -0.39 is 0 Å². The number of fused-ring (bicyclic) bond motifs is 9. The molecule has 11 rings (SSSR count). The van der Waals surface area contributed by atoms with Gasteiger partial charge in [-0.2, -0.15) is 10.5 Å². The molecule has 254 valence electrons. The van der Waals surface area contributed by atoms with E-state index in [1.807, 2.05) is 42.5 Å². The molecular formula is C50H29N5. The Hall–Kier alpha value is -7.86. The molecule has 0 spiro atoms. The van der Waals surface area contributed by atoms with Gasteiger partial charge in [0.1, 0.15) is 0 Å². The topological polar surface area (TPSA) is 62.4 Å². The minimum Gasteiger partial charge on any atom is -0.309 e. The van der Waals surface area contributed by atoms with Gasteiger partial charge >= 0.3 is 0 Å². The first-order valence-corrected chi connectivity index (χ1v) is 18.3. The third kappa shape index (κ3) is 4.39. The molecule has 5 nitrogen and oxygen atoms in total. The van der Waals surface area contributed by atoms with E-state index in [-0.39, 0.29) is 0 Å². The Bertz CT molecular complexity index is 3420. The minimum absolute atomic E-state index is 0.572. The van der Waals surface area contributed by atoms with E-state index in [2.05, 4.69) is 159 Å². The second-order valence-corrected chi connectivity index (χ2v) is 14.0. The molecule has 8 aromatic carbocycles. The predicted molar refractivity (Wildman–Crippen MR) is 224 cm³/mol. The summed E-state index contributed by atoms with van der Waals surface area (Å²) in [7, 11) is 0. The van der Waals surface area contributed by atoms with Gasteiger partial charge in [0.2, 0.25) is 0 Å². The molecule has 55 heavy (non-hydrogen) atoms. The van der Waals surface area contributed by atoms with Crippen LogP contribution in [0.4, 0.5) is 0 Å². The van der Waals surface area contributed by atoms with Crippen molar-refractivity contribution in [2.75, 3.05) is 0 Å². The molecule has 0 bridgehead atoms. The second kappa shape index (κ2) is 11.8. The van der Waals surface area contributed by atoms with E-state index in [9.17, 15) is 10.5 Å². The van der Waals surface area contributed by atoms with Gasteiger partial charge in [0.25, 0.3) is 0 Å². The predicted octanol–water partition coefficient (Wildman–Crippen LogP) is 12.4. The molecule has 0 fully saturated rings. The molecule has 0 saturated carbocycles. The molecule has 0 N–H and O–H groups in total. The van der Waals surface area contributed by atoms with Crippen molar-refractivity contribution in [3.8, 4) is 40.3 Å². The van der Waals surface area contributed by atoms with Crippen LogP contribution in [0.25, 0.3) is 93.6 Å². The van der Waals surface area contributed by atoms with Crippen LogP contribution in [-0.4, -0.2) is 13.7 Å². The van der Waals surface area contributed by atoms with Crippen LogP contribution in [0.3, 0.4) is 0 Å². The third-order valence-electron chi connectivity index (χ3n) is 11.1. The van der Waals surface area contributed by atoms with Gasteiger partial charge in [0.05, 0.1) is 73.4 Å². The largest absolute Gasteiger partial charge is 0.309 e. The van der Waals surface area contributed by atoms with E-state index in [1.54, 1.807) is 0 Å². The van der Waals surface area contributed by atoms with Gasteiger partial charge in [-0.05, 0) is 72.8 Å². The second-order valence-electron chi connectivity index (χ2n) is 14.0. The molecule has 5 heteroatoms. The Morgan fingerprint density at radius 2 is 0.745 bits per heavy atom. The van der Waals surface area contributed by atoms with Crippen molar-refractivity contribution in [1.29, 1.82) is 10.5 Å². The number of para-hydroxylation sites is 5. The molecular weight excluding hydrogens is 671 g/mol. The van der Waals surface area contributed by atoms with Crippen molar-refractivity contribution in [2.24, 2.45) is 0 Å². The summed E-state index contributed by atoms with van der Waals surface area (Å²) in [5, 5.41) is 27.1. The van der Waals surface area contributed by atoms with E-state index in [0.29, 0.717) is 11.1 Å². The minimum atomic E-state index is 0.572. The lowest BCUT2D eigenvalue weighted by Crippen LogP contribution is -2.02. The number of hydrogen-bond acceptors (Lipinski definition) is 2. The molecule has 11 aromatic rings. The lowest BCUT2D eigenvalue weighted by molar-refractivity contribution is 1.15. The Kier molecular flexibility index (Phi) is 6.61. The van der Waals surface area contributed by atoms with Crippen molar-refractivity contribution in [2.45, 2.75) is 0 Å². The molecule has 3 heterocycles. The summed E-state index contributed by atoms with van der Waals surface area (Å²) in [4.78, 5) is 0. The van der Waals surface area contributed by atoms with Gasteiger partial charge in [-0.3, -0.25) is 0 Å². The maximum absolute atomic E-state index is 10.2. The van der Waals surface area contributed by atoms with Crippen LogP contribution in [-0.2, 0) is 0 Å². The molecule has 0 amide bonds. The Morgan fingerprint density at radius 1 is 0.309 bits per heavy atom. The van der Waals surface area contributed by atoms with Crippen LogP contribution in [0.5, 0.6) is 0 Å². The van der Waals surface area contributed by atoms with Gasteiger partial charge < -0.3 is 13.7 Å². The standard InChI is InChI=1S/C50H29N5/c51-30-32-25-27-46(55-43-19-8-3-14-36(43)38-26-24-33(31-52)29-49(38)55)40(28-32)37-15-4-9-20-44(37)54-45-21-10-5-16-39(45)50-47(22-11-23-48(50)54)53-41-17-6-1-12-34(41)35-13-2-7-18-42(35)53/h1-29H. The van der Waals surface area contributed by atoms with Gasteiger partial charge in [0, 0.05) is 43.4 Å². The summed E-state index contributed by atoms with van der Waals surface area (Å²) in [5.41, 5.74) is 12.6. The lowest BCUT2D eigenvalue weighted by Gasteiger charge is -2.19. The summed E-state index contributed by atoms with van der Waals surface area (Å²) in [5.74, 6) is 0. The fraction of sp³-hybridized carbons (Fsp3) is 0. The monoisotopic (exact) mass is 699 g/mol. The highest BCUT2D eigenvalue weighted by Gasteiger charge is 2.23. The summed E-state index contributed by atoms with van der Waals surface area (Å²) in [6.45, 7) is 0. The highest BCUT2D eigenvalue weighted by atomic mass is 15.0. The van der Waals surface area contributed by atoms with Gasteiger partial charge in [-0.1, -0.05) is 103 Å². The SMILES string of the molecule is N#Cc1ccc(-n2c3ccccc3c3ccc(C#N)cc32)c(-c2ccccc2-n2c3ccccc3c3c(-n4c5ccccc5c5ccccc54)cccc32)c1. The maximum Gasteiger partial charge on any atom is 0.0992 e. The molecule has 0 aliphatic carbocycles. The summed E-state index contributed by atoms with van der Waals surface area (Å²) in [6.07, 6.45) is 0. The number of aromatic nitrogens is 3. The zero-order valence-corrected chi connectivity index (χ0v) is 29.5. The maximum atomic E-state index is 10.2. The van der Waals surface area contributed by atoms with Crippen LogP contribution in [0.2, 0.25) is 0 Å².